The van der Waals surface area contributed by atoms with Gasteiger partial charge in [-0.3, -0.25) is 25.2 Å². The number of nitro groups is 2. The summed E-state index contributed by atoms with van der Waals surface area (Å²) < 4.78 is 6.34. The molecule has 3 aromatic carbocycles. The molecule has 42 heavy (non-hydrogen) atoms. The molecule has 0 aliphatic carbocycles. The second-order valence-electron chi connectivity index (χ2n) is 9.35. The molecule has 6 rings (SSSR count). The van der Waals surface area contributed by atoms with Crippen molar-refractivity contribution in [3.63, 3.8) is 0 Å². The third kappa shape index (κ3) is 5.45. The van der Waals surface area contributed by atoms with Gasteiger partial charge < -0.3 is 14.6 Å². The van der Waals surface area contributed by atoms with Gasteiger partial charge in [-0.15, -0.1) is 0 Å². The Morgan fingerprint density at radius 2 is 1.43 bits per heavy atom. The predicted molar refractivity (Wildman–Crippen MR) is 162 cm³/mol. The van der Waals surface area contributed by atoms with Crippen LogP contribution in [0.1, 0.15) is 23.5 Å². The minimum absolute atomic E-state index is 0.00690. The molecule has 0 radical (unpaired) electrons. The van der Waals surface area contributed by atoms with Crippen molar-refractivity contribution in [3.8, 4) is 11.3 Å². The Labute approximate surface area is 249 Å². The summed E-state index contributed by atoms with van der Waals surface area (Å²) in [5.41, 5.74) is 2.41. The average molecular weight is 596 g/mol. The summed E-state index contributed by atoms with van der Waals surface area (Å²) in [7, 11) is 0. The Balaban J connectivity index is 1.31. The van der Waals surface area contributed by atoms with E-state index in [0.717, 1.165) is 21.2 Å². The van der Waals surface area contributed by atoms with Gasteiger partial charge in [-0.05, 0) is 85.0 Å². The van der Waals surface area contributed by atoms with E-state index < -0.39 is 9.85 Å². The maximum absolute atomic E-state index is 11.1. The molecule has 0 saturated carbocycles. The van der Waals surface area contributed by atoms with Gasteiger partial charge in [0, 0.05) is 51.5 Å². The van der Waals surface area contributed by atoms with Crippen LogP contribution in [0.15, 0.2) is 124 Å². The van der Waals surface area contributed by atoms with E-state index in [1.54, 1.807) is 30.5 Å². The van der Waals surface area contributed by atoms with E-state index in [1.807, 2.05) is 59.5 Å². The molecule has 5 aromatic rings. The van der Waals surface area contributed by atoms with E-state index in [4.69, 9.17) is 16.6 Å². The number of furan rings is 1. The summed E-state index contributed by atoms with van der Waals surface area (Å²) >= 11 is 7.31. The number of nitro benzene ring substituents is 2. The zero-order chi connectivity index (χ0) is 29.2. The first-order valence-electron chi connectivity index (χ1n) is 12.7. The maximum Gasteiger partial charge on any atom is 0.269 e. The zero-order valence-corrected chi connectivity index (χ0v) is 23.3. The highest BCUT2D eigenvalue weighted by atomic mass is 32.2. The normalized spacial score (nSPS) is 16.3. The minimum Gasteiger partial charge on any atom is -0.459 e. The fraction of sp³-hybridized carbons (Fsp3) is 0.0667. The van der Waals surface area contributed by atoms with E-state index in [9.17, 15) is 20.2 Å². The van der Waals surface area contributed by atoms with Crippen LogP contribution in [0, 0.1) is 20.2 Å². The Hall–Kier alpha value is -5.07. The van der Waals surface area contributed by atoms with Crippen molar-refractivity contribution in [2.75, 3.05) is 4.90 Å². The standard InChI is InChI=1S/C30H21N5O5S2/c36-34(37)21-6-4-19(5-7-21)26-16-17-27(40-26)29-28(25-3-1-2-18-31-25)32-30(41)33(29)20-8-12-23(13-9-20)42-24-14-10-22(11-15-24)35(38)39/h1-18,28-29H,(H,32,41). The highest BCUT2D eigenvalue weighted by Gasteiger charge is 2.42. The largest absolute Gasteiger partial charge is 0.459 e. The van der Waals surface area contributed by atoms with Crippen molar-refractivity contribution in [3.05, 3.63) is 141 Å². The molecule has 12 heteroatoms. The number of benzene rings is 3. The van der Waals surface area contributed by atoms with Crippen LogP contribution in [0.3, 0.4) is 0 Å². The van der Waals surface area contributed by atoms with Crippen molar-refractivity contribution < 1.29 is 14.3 Å². The van der Waals surface area contributed by atoms with Crippen LogP contribution >= 0.6 is 24.0 Å². The smallest absolute Gasteiger partial charge is 0.269 e. The molecule has 208 valence electrons. The van der Waals surface area contributed by atoms with E-state index in [-0.39, 0.29) is 23.5 Å². The number of non-ortho nitro benzene ring substituents is 2. The lowest BCUT2D eigenvalue weighted by molar-refractivity contribution is -0.385. The molecule has 0 spiro atoms. The van der Waals surface area contributed by atoms with Crippen molar-refractivity contribution in [1.82, 2.24) is 10.3 Å². The third-order valence-electron chi connectivity index (χ3n) is 6.78. The number of nitrogens with one attached hydrogen (secondary N) is 1. The maximum atomic E-state index is 11.1. The fourth-order valence-electron chi connectivity index (χ4n) is 4.78. The Morgan fingerprint density at radius 3 is 2.02 bits per heavy atom. The van der Waals surface area contributed by atoms with Crippen LogP contribution in [0.4, 0.5) is 17.1 Å². The van der Waals surface area contributed by atoms with E-state index in [0.29, 0.717) is 22.2 Å². The van der Waals surface area contributed by atoms with E-state index in [2.05, 4.69) is 10.3 Å². The molecule has 1 fully saturated rings. The first-order valence-corrected chi connectivity index (χ1v) is 14.0. The molecule has 10 nitrogen and oxygen atoms in total. The molecule has 1 aliphatic rings. The van der Waals surface area contributed by atoms with Gasteiger partial charge in [0.2, 0.25) is 0 Å². The van der Waals surface area contributed by atoms with Crippen molar-refractivity contribution >= 4 is 46.2 Å². The number of hydrogen-bond acceptors (Lipinski definition) is 8. The van der Waals surface area contributed by atoms with Gasteiger partial charge in [-0.1, -0.05) is 17.8 Å². The highest BCUT2D eigenvalue weighted by Crippen LogP contribution is 2.43. The lowest BCUT2D eigenvalue weighted by Gasteiger charge is -2.26. The van der Waals surface area contributed by atoms with Crippen LogP contribution in [0.2, 0.25) is 0 Å². The molecule has 2 unspecified atom stereocenters. The van der Waals surface area contributed by atoms with Crippen molar-refractivity contribution in [2.45, 2.75) is 21.9 Å². The first kappa shape index (κ1) is 27.1. The Kier molecular flexibility index (Phi) is 7.38. The summed E-state index contributed by atoms with van der Waals surface area (Å²) in [5, 5.41) is 25.9. The lowest BCUT2D eigenvalue weighted by Crippen LogP contribution is -2.29. The summed E-state index contributed by atoms with van der Waals surface area (Å²) in [5.74, 6) is 1.22. The molecule has 2 aromatic heterocycles. The molecule has 2 atom stereocenters. The van der Waals surface area contributed by atoms with E-state index >= 15 is 0 Å². The number of rotatable bonds is 8. The molecule has 0 bridgehead atoms. The second-order valence-corrected chi connectivity index (χ2v) is 10.9. The van der Waals surface area contributed by atoms with Crippen LogP contribution < -0.4 is 10.2 Å². The average Bonchev–Trinajstić information content (AvgIpc) is 3.63. The first-order chi connectivity index (χ1) is 20.4. The quantitative estimate of drug-likeness (QED) is 0.109. The summed E-state index contributed by atoms with van der Waals surface area (Å²) in [4.78, 5) is 29.6. The molecule has 1 saturated heterocycles. The number of pyridine rings is 1. The van der Waals surface area contributed by atoms with Crippen LogP contribution in [0.25, 0.3) is 11.3 Å². The fourth-order valence-corrected chi connectivity index (χ4v) is 5.95. The van der Waals surface area contributed by atoms with Gasteiger partial charge in [0.1, 0.15) is 17.6 Å². The summed E-state index contributed by atoms with van der Waals surface area (Å²) in [6, 6.07) is 29.3. The monoisotopic (exact) mass is 595 g/mol. The van der Waals surface area contributed by atoms with Gasteiger partial charge in [0.25, 0.3) is 11.4 Å². The summed E-state index contributed by atoms with van der Waals surface area (Å²) in [6.45, 7) is 0. The van der Waals surface area contributed by atoms with Gasteiger partial charge in [0.05, 0.1) is 21.6 Å². The highest BCUT2D eigenvalue weighted by molar-refractivity contribution is 7.99. The van der Waals surface area contributed by atoms with Crippen molar-refractivity contribution in [2.24, 2.45) is 0 Å². The molecular formula is C30H21N5O5S2. The SMILES string of the molecule is O=[N+]([O-])c1ccc(Sc2ccc(N3C(=S)NC(c4ccccn4)C3c3ccc(-c4ccc([N+](=O)[O-])cc4)o3)cc2)cc1. The number of aromatic nitrogens is 1. The van der Waals surface area contributed by atoms with Crippen LogP contribution in [0.5, 0.6) is 0 Å². The van der Waals surface area contributed by atoms with Gasteiger partial charge >= 0.3 is 0 Å². The van der Waals surface area contributed by atoms with Gasteiger partial charge in [0.15, 0.2) is 5.11 Å². The number of nitrogens with zero attached hydrogens (tertiary/aromatic N) is 4. The lowest BCUT2D eigenvalue weighted by atomic mass is 10.0. The van der Waals surface area contributed by atoms with Crippen LogP contribution in [-0.2, 0) is 0 Å². The molecule has 3 heterocycles. The number of anilines is 1. The Morgan fingerprint density at radius 1 is 0.810 bits per heavy atom. The number of thiocarbonyl (C=S) groups is 1. The molecular weight excluding hydrogens is 574 g/mol. The zero-order valence-electron chi connectivity index (χ0n) is 21.7. The Bertz CT molecular complexity index is 1760. The number of hydrogen-bond donors (Lipinski definition) is 1. The van der Waals surface area contributed by atoms with Crippen LogP contribution in [-0.4, -0.2) is 19.9 Å². The third-order valence-corrected chi connectivity index (χ3v) is 8.11. The topological polar surface area (TPSA) is 128 Å². The van der Waals surface area contributed by atoms with Gasteiger partial charge in [-0.25, -0.2) is 0 Å². The molecule has 1 aliphatic heterocycles. The van der Waals surface area contributed by atoms with Crippen molar-refractivity contribution in [1.29, 1.82) is 0 Å². The van der Waals surface area contributed by atoms with Gasteiger partial charge in [-0.2, -0.15) is 0 Å². The minimum atomic E-state index is -0.437. The molecule has 0 amide bonds. The summed E-state index contributed by atoms with van der Waals surface area (Å²) in [6.07, 6.45) is 1.73. The second kappa shape index (κ2) is 11.4. The predicted octanol–water partition coefficient (Wildman–Crippen LogP) is 7.49. The van der Waals surface area contributed by atoms with E-state index in [1.165, 1.54) is 36.0 Å². The molecule has 1 N–H and O–H groups in total.